The van der Waals surface area contributed by atoms with Crippen molar-refractivity contribution in [3.63, 3.8) is 0 Å². The molecular weight excluding hydrogens is 150 g/mol. The number of nitrogens with one attached hydrogen (secondary N) is 1. The van der Waals surface area contributed by atoms with Crippen molar-refractivity contribution < 1.29 is 5.11 Å². The Morgan fingerprint density at radius 1 is 1.33 bits per heavy atom. The van der Waals surface area contributed by atoms with E-state index < -0.39 is 0 Å². The monoisotopic (exact) mass is 173 g/mol. The van der Waals surface area contributed by atoms with Crippen LogP contribution in [0, 0.1) is 5.41 Å². The number of aliphatic hydroxyl groups is 1. The minimum Gasteiger partial charge on any atom is -0.379 e. The minimum absolute atomic E-state index is 0.260. The van der Waals surface area contributed by atoms with E-state index in [2.05, 4.69) is 26.1 Å². The topological polar surface area (TPSA) is 32.3 Å². The van der Waals surface area contributed by atoms with Gasteiger partial charge in [-0.1, -0.05) is 34.1 Å². The molecule has 12 heavy (non-hydrogen) atoms. The molecule has 2 heteroatoms. The molecule has 2 nitrogen and oxygen atoms in total. The van der Waals surface area contributed by atoms with E-state index in [1.165, 1.54) is 12.8 Å². The number of hydrogen-bond donors (Lipinski definition) is 2. The van der Waals surface area contributed by atoms with Crippen molar-refractivity contribution in [2.24, 2.45) is 5.41 Å². The molecule has 2 N–H and O–H groups in total. The summed E-state index contributed by atoms with van der Waals surface area (Å²) in [6, 6.07) is 0. The van der Waals surface area contributed by atoms with Gasteiger partial charge in [0.05, 0.1) is 0 Å². The Morgan fingerprint density at radius 3 is 2.33 bits per heavy atom. The number of aliphatic hydroxyl groups excluding tert-OH is 1. The van der Waals surface area contributed by atoms with E-state index in [0.717, 1.165) is 13.0 Å². The molecule has 0 aromatic heterocycles. The van der Waals surface area contributed by atoms with Gasteiger partial charge in [-0.15, -0.1) is 0 Å². The zero-order valence-electron chi connectivity index (χ0n) is 8.85. The lowest BCUT2D eigenvalue weighted by molar-refractivity contribution is 0.0818. The second-order valence-electron chi connectivity index (χ2n) is 4.19. The Morgan fingerprint density at radius 2 is 1.92 bits per heavy atom. The van der Waals surface area contributed by atoms with E-state index >= 15 is 0 Å². The predicted octanol–water partition coefficient (Wildman–Crippen LogP) is 2.13. The lowest BCUT2D eigenvalue weighted by atomic mass is 9.84. The van der Waals surface area contributed by atoms with Crippen LogP contribution in [0.1, 0.15) is 47.0 Å². The molecule has 0 amide bonds. The Kier molecular flexibility index (Phi) is 5.51. The largest absolute Gasteiger partial charge is 0.379 e. The average Bonchev–Trinajstić information content (AvgIpc) is 1.85. The van der Waals surface area contributed by atoms with Crippen molar-refractivity contribution in [2.75, 3.05) is 6.54 Å². The molecule has 0 aromatic carbocycles. The molecule has 0 aromatic rings. The first-order valence-electron chi connectivity index (χ1n) is 4.93. The van der Waals surface area contributed by atoms with Gasteiger partial charge in [-0.25, -0.2) is 0 Å². The lowest BCUT2D eigenvalue weighted by Gasteiger charge is -2.27. The third-order valence-electron chi connectivity index (χ3n) is 2.11. The number of hydrogen-bond acceptors (Lipinski definition) is 2. The fourth-order valence-electron chi connectivity index (χ4n) is 1.61. The van der Waals surface area contributed by atoms with Crippen LogP contribution < -0.4 is 5.32 Å². The van der Waals surface area contributed by atoms with Crippen molar-refractivity contribution in [3.05, 3.63) is 0 Å². The molecule has 0 heterocycles. The summed E-state index contributed by atoms with van der Waals surface area (Å²) in [5, 5.41) is 12.5. The minimum atomic E-state index is -0.337. The third kappa shape index (κ3) is 5.56. The van der Waals surface area contributed by atoms with E-state index in [1.807, 2.05) is 6.92 Å². The smallest absolute Gasteiger partial charge is 0.105 e. The molecular formula is C10H23NO. The average molecular weight is 173 g/mol. The summed E-state index contributed by atoms with van der Waals surface area (Å²) in [7, 11) is 0. The standard InChI is InChI=1S/C10H23NO/c1-5-7-10(3,4)8-9(12)11-6-2/h9,11-12H,5-8H2,1-4H3. The summed E-state index contributed by atoms with van der Waals surface area (Å²) >= 11 is 0. The van der Waals surface area contributed by atoms with E-state index in [0.29, 0.717) is 0 Å². The molecule has 0 aliphatic heterocycles. The second-order valence-corrected chi connectivity index (χ2v) is 4.19. The molecule has 0 aliphatic rings. The Labute approximate surface area is 76.4 Å². The Balaban J connectivity index is 3.70. The van der Waals surface area contributed by atoms with Gasteiger partial charge in [0.15, 0.2) is 0 Å². The maximum atomic E-state index is 9.50. The molecule has 1 atom stereocenters. The van der Waals surface area contributed by atoms with Crippen LogP contribution in [0.15, 0.2) is 0 Å². The van der Waals surface area contributed by atoms with Gasteiger partial charge in [0, 0.05) is 0 Å². The van der Waals surface area contributed by atoms with E-state index in [-0.39, 0.29) is 11.6 Å². The highest BCUT2D eigenvalue weighted by molar-refractivity contribution is 4.71. The van der Waals surface area contributed by atoms with Gasteiger partial charge >= 0.3 is 0 Å². The normalized spacial score (nSPS) is 14.8. The highest BCUT2D eigenvalue weighted by Gasteiger charge is 2.20. The van der Waals surface area contributed by atoms with Crippen LogP contribution in [0.4, 0.5) is 0 Å². The van der Waals surface area contributed by atoms with Gasteiger partial charge in [0.25, 0.3) is 0 Å². The molecule has 0 bridgehead atoms. The summed E-state index contributed by atoms with van der Waals surface area (Å²) in [5.74, 6) is 0. The molecule has 0 aliphatic carbocycles. The Bertz CT molecular complexity index is 112. The molecule has 0 fully saturated rings. The van der Waals surface area contributed by atoms with Gasteiger partial charge in [-0.2, -0.15) is 0 Å². The molecule has 0 saturated heterocycles. The summed E-state index contributed by atoms with van der Waals surface area (Å²) in [4.78, 5) is 0. The summed E-state index contributed by atoms with van der Waals surface area (Å²) in [5.41, 5.74) is 0.260. The number of rotatable bonds is 6. The second kappa shape index (κ2) is 5.55. The van der Waals surface area contributed by atoms with Crippen LogP contribution in [0.25, 0.3) is 0 Å². The quantitative estimate of drug-likeness (QED) is 0.603. The van der Waals surface area contributed by atoms with Crippen LogP contribution in [0.5, 0.6) is 0 Å². The highest BCUT2D eigenvalue weighted by Crippen LogP contribution is 2.27. The first kappa shape index (κ1) is 11.9. The van der Waals surface area contributed by atoms with Gasteiger partial charge in [0.1, 0.15) is 6.23 Å². The molecule has 0 rings (SSSR count). The Hall–Kier alpha value is -0.0800. The van der Waals surface area contributed by atoms with Crippen molar-refractivity contribution in [1.82, 2.24) is 5.32 Å². The van der Waals surface area contributed by atoms with Gasteiger partial charge in [0.2, 0.25) is 0 Å². The summed E-state index contributed by atoms with van der Waals surface area (Å²) < 4.78 is 0. The van der Waals surface area contributed by atoms with Crippen LogP contribution >= 0.6 is 0 Å². The van der Waals surface area contributed by atoms with Gasteiger partial charge in [-0.3, -0.25) is 5.32 Å². The first-order chi connectivity index (χ1) is 5.52. The van der Waals surface area contributed by atoms with Gasteiger partial charge in [-0.05, 0) is 24.8 Å². The molecule has 74 valence electrons. The van der Waals surface area contributed by atoms with Crippen molar-refractivity contribution in [3.8, 4) is 0 Å². The van der Waals surface area contributed by atoms with E-state index in [1.54, 1.807) is 0 Å². The van der Waals surface area contributed by atoms with Crippen molar-refractivity contribution in [2.45, 2.75) is 53.2 Å². The predicted molar refractivity (Wildman–Crippen MR) is 53.0 cm³/mol. The first-order valence-corrected chi connectivity index (χ1v) is 4.93. The molecule has 0 saturated carbocycles. The molecule has 0 radical (unpaired) electrons. The van der Waals surface area contributed by atoms with Crippen LogP contribution in [-0.2, 0) is 0 Å². The fraction of sp³-hybridized carbons (Fsp3) is 1.00. The lowest BCUT2D eigenvalue weighted by Crippen LogP contribution is -2.33. The van der Waals surface area contributed by atoms with Crippen molar-refractivity contribution in [1.29, 1.82) is 0 Å². The maximum Gasteiger partial charge on any atom is 0.105 e. The highest BCUT2D eigenvalue weighted by atomic mass is 16.3. The fourth-order valence-corrected chi connectivity index (χ4v) is 1.61. The molecule has 0 spiro atoms. The van der Waals surface area contributed by atoms with Gasteiger partial charge < -0.3 is 5.11 Å². The van der Waals surface area contributed by atoms with Crippen LogP contribution in [-0.4, -0.2) is 17.9 Å². The summed E-state index contributed by atoms with van der Waals surface area (Å²) in [6.45, 7) is 9.44. The van der Waals surface area contributed by atoms with Crippen molar-refractivity contribution >= 4 is 0 Å². The third-order valence-corrected chi connectivity index (χ3v) is 2.11. The SMILES string of the molecule is CCCC(C)(C)CC(O)NCC. The zero-order chi connectivity index (χ0) is 9.61. The van der Waals surface area contributed by atoms with E-state index in [4.69, 9.17) is 0 Å². The van der Waals surface area contributed by atoms with Crippen LogP contribution in [0.2, 0.25) is 0 Å². The summed E-state index contributed by atoms with van der Waals surface area (Å²) in [6.07, 6.45) is 2.87. The molecule has 1 unspecified atom stereocenters. The van der Waals surface area contributed by atoms with Crippen LogP contribution in [0.3, 0.4) is 0 Å². The zero-order valence-corrected chi connectivity index (χ0v) is 8.85. The maximum absolute atomic E-state index is 9.50. The van der Waals surface area contributed by atoms with E-state index in [9.17, 15) is 5.11 Å².